The zero-order valence-electron chi connectivity index (χ0n) is 17.0. The van der Waals surface area contributed by atoms with Crippen LogP contribution < -0.4 is 15.5 Å². The van der Waals surface area contributed by atoms with E-state index in [2.05, 4.69) is 42.6 Å². The number of nitrogens with one attached hydrogen (secondary N) is 2. The molecule has 0 aliphatic carbocycles. The number of hydrogen-bond acceptors (Lipinski definition) is 5. The number of hydrogen-bond donors (Lipinski definition) is 2. The van der Waals surface area contributed by atoms with Crippen LogP contribution in [-0.2, 0) is 13.1 Å². The second kappa shape index (κ2) is 11.2. The van der Waals surface area contributed by atoms with Crippen LogP contribution in [0.1, 0.15) is 48.6 Å². The molecule has 1 aliphatic rings. The third kappa shape index (κ3) is 6.35. The molecule has 0 amide bonds. The lowest BCUT2D eigenvalue weighted by Crippen LogP contribution is -2.36. The van der Waals surface area contributed by atoms with Crippen LogP contribution in [0.25, 0.3) is 0 Å². The Kier molecular flexibility index (Phi) is 9.01. The molecule has 0 atom stereocenters. The molecule has 1 fully saturated rings. The Hall–Kier alpha value is -1.84. The van der Waals surface area contributed by atoms with Gasteiger partial charge in [0, 0.05) is 32.9 Å². The number of nitrogens with zero attached hydrogens (tertiary/aromatic N) is 4. The summed E-state index contributed by atoms with van der Waals surface area (Å²) in [5.74, 6) is 3.31. The normalized spacial score (nSPS) is 15.0. The highest BCUT2D eigenvalue weighted by molar-refractivity contribution is 14.0. The van der Waals surface area contributed by atoms with Crippen molar-refractivity contribution < 1.29 is 4.42 Å². The Labute approximate surface area is 184 Å². The summed E-state index contributed by atoms with van der Waals surface area (Å²) < 4.78 is 5.58. The molecular weight excluding hydrogens is 467 g/mol. The summed E-state index contributed by atoms with van der Waals surface area (Å²) in [6, 6.07) is 4.26. The van der Waals surface area contributed by atoms with Gasteiger partial charge in [-0.15, -0.1) is 24.0 Å². The fourth-order valence-corrected chi connectivity index (χ4v) is 3.19. The summed E-state index contributed by atoms with van der Waals surface area (Å²) in [5.41, 5.74) is 2.05. The van der Waals surface area contributed by atoms with Gasteiger partial charge in [-0.25, -0.2) is 9.97 Å². The minimum absolute atomic E-state index is 0. The molecule has 28 heavy (non-hydrogen) atoms. The SMILES string of the molecule is CN=C(NCc1ccc(N2CCCCCC2)nc1)NCc1nc(C)c(C)o1.I. The fraction of sp³-hybridized carbons (Fsp3) is 0.550. The summed E-state index contributed by atoms with van der Waals surface area (Å²) in [7, 11) is 1.75. The molecule has 0 unspecified atom stereocenters. The largest absolute Gasteiger partial charge is 0.444 e. The molecule has 0 spiro atoms. The van der Waals surface area contributed by atoms with Gasteiger partial charge in [-0.05, 0) is 38.3 Å². The highest BCUT2D eigenvalue weighted by Gasteiger charge is 2.11. The van der Waals surface area contributed by atoms with Gasteiger partial charge in [0.15, 0.2) is 5.96 Å². The molecule has 0 aromatic carbocycles. The number of pyridine rings is 1. The van der Waals surface area contributed by atoms with Crippen LogP contribution in [0.5, 0.6) is 0 Å². The fourth-order valence-electron chi connectivity index (χ4n) is 3.19. The van der Waals surface area contributed by atoms with Crippen molar-refractivity contribution in [3.63, 3.8) is 0 Å². The molecule has 1 aliphatic heterocycles. The van der Waals surface area contributed by atoms with Crippen molar-refractivity contribution in [3.8, 4) is 0 Å². The van der Waals surface area contributed by atoms with E-state index >= 15 is 0 Å². The van der Waals surface area contributed by atoms with E-state index in [0.717, 1.165) is 35.9 Å². The lowest BCUT2D eigenvalue weighted by molar-refractivity contribution is 0.463. The molecule has 3 rings (SSSR count). The highest BCUT2D eigenvalue weighted by atomic mass is 127. The molecule has 2 aromatic rings. The van der Waals surface area contributed by atoms with Gasteiger partial charge in [-0.2, -0.15) is 0 Å². The summed E-state index contributed by atoms with van der Waals surface area (Å²) in [6.45, 7) is 7.25. The maximum atomic E-state index is 5.58. The van der Waals surface area contributed by atoms with E-state index in [1.54, 1.807) is 7.05 Å². The average molecular weight is 498 g/mol. The van der Waals surface area contributed by atoms with Crippen molar-refractivity contribution in [1.82, 2.24) is 20.6 Å². The quantitative estimate of drug-likeness (QED) is 0.373. The predicted molar refractivity (Wildman–Crippen MR) is 123 cm³/mol. The number of halogens is 1. The highest BCUT2D eigenvalue weighted by Crippen LogP contribution is 2.17. The number of oxazole rings is 1. The molecule has 1 saturated heterocycles. The van der Waals surface area contributed by atoms with Crippen LogP contribution in [-0.4, -0.2) is 36.1 Å². The maximum absolute atomic E-state index is 5.58. The first-order chi connectivity index (χ1) is 13.2. The van der Waals surface area contributed by atoms with E-state index in [9.17, 15) is 0 Å². The third-order valence-corrected chi connectivity index (χ3v) is 4.90. The first kappa shape index (κ1) is 22.4. The maximum Gasteiger partial charge on any atom is 0.214 e. The third-order valence-electron chi connectivity index (χ3n) is 4.90. The molecular formula is C20H31IN6O. The summed E-state index contributed by atoms with van der Waals surface area (Å²) >= 11 is 0. The van der Waals surface area contributed by atoms with Gasteiger partial charge in [0.25, 0.3) is 0 Å². The first-order valence-corrected chi connectivity index (χ1v) is 9.73. The van der Waals surface area contributed by atoms with Gasteiger partial charge >= 0.3 is 0 Å². The standard InChI is InChI=1S/C20H30N6O.HI/c1-15-16(2)27-19(25-15)14-24-20(21-3)23-13-17-8-9-18(22-12-17)26-10-6-4-5-7-11-26;/h8-9,12H,4-7,10-11,13-14H2,1-3H3,(H2,21,23,24);1H. The zero-order valence-corrected chi connectivity index (χ0v) is 19.3. The van der Waals surface area contributed by atoms with Crippen molar-refractivity contribution in [2.24, 2.45) is 4.99 Å². The van der Waals surface area contributed by atoms with Crippen LogP contribution >= 0.6 is 24.0 Å². The summed E-state index contributed by atoms with van der Waals surface area (Å²) in [4.78, 5) is 15.7. The Morgan fingerprint density at radius 2 is 1.82 bits per heavy atom. The number of aryl methyl sites for hydroxylation is 2. The first-order valence-electron chi connectivity index (χ1n) is 9.73. The smallest absolute Gasteiger partial charge is 0.214 e. The lowest BCUT2D eigenvalue weighted by Gasteiger charge is -2.21. The van der Waals surface area contributed by atoms with Crippen LogP contribution in [0, 0.1) is 13.8 Å². The van der Waals surface area contributed by atoms with Crippen molar-refractivity contribution in [3.05, 3.63) is 41.2 Å². The zero-order chi connectivity index (χ0) is 19.1. The molecule has 2 N–H and O–H groups in total. The topological polar surface area (TPSA) is 78.6 Å². The Bertz CT molecular complexity index is 731. The molecule has 3 heterocycles. The number of guanidine groups is 1. The monoisotopic (exact) mass is 498 g/mol. The van der Waals surface area contributed by atoms with Crippen molar-refractivity contribution in [2.75, 3.05) is 25.0 Å². The van der Waals surface area contributed by atoms with Crippen molar-refractivity contribution >= 4 is 35.8 Å². The van der Waals surface area contributed by atoms with E-state index in [4.69, 9.17) is 4.42 Å². The van der Waals surface area contributed by atoms with Gasteiger partial charge in [0.05, 0.1) is 12.2 Å². The number of anilines is 1. The van der Waals surface area contributed by atoms with E-state index in [0.29, 0.717) is 24.9 Å². The molecule has 2 aromatic heterocycles. The van der Waals surface area contributed by atoms with Crippen LogP contribution in [0.15, 0.2) is 27.7 Å². The molecule has 0 radical (unpaired) electrons. The van der Waals surface area contributed by atoms with Crippen LogP contribution in [0.3, 0.4) is 0 Å². The number of aliphatic imine (C=N–C) groups is 1. The molecule has 154 valence electrons. The van der Waals surface area contributed by atoms with Gasteiger partial charge in [-0.1, -0.05) is 18.9 Å². The van der Waals surface area contributed by atoms with E-state index in [-0.39, 0.29) is 24.0 Å². The van der Waals surface area contributed by atoms with Crippen LogP contribution in [0.2, 0.25) is 0 Å². The van der Waals surface area contributed by atoms with Crippen molar-refractivity contribution in [2.45, 2.75) is 52.6 Å². The minimum atomic E-state index is 0. The van der Waals surface area contributed by atoms with Gasteiger partial charge in [-0.3, -0.25) is 4.99 Å². The lowest BCUT2D eigenvalue weighted by atomic mass is 10.2. The van der Waals surface area contributed by atoms with Crippen LogP contribution in [0.4, 0.5) is 5.82 Å². The summed E-state index contributed by atoms with van der Waals surface area (Å²) in [5, 5.41) is 6.52. The minimum Gasteiger partial charge on any atom is -0.444 e. The van der Waals surface area contributed by atoms with Crippen molar-refractivity contribution in [1.29, 1.82) is 0 Å². The van der Waals surface area contributed by atoms with Gasteiger partial charge in [0.2, 0.25) is 5.89 Å². The Balaban J connectivity index is 0.00000280. The van der Waals surface area contributed by atoms with E-state index < -0.39 is 0 Å². The molecule has 7 nitrogen and oxygen atoms in total. The molecule has 0 saturated carbocycles. The average Bonchev–Trinajstić information content (AvgIpc) is 2.88. The number of rotatable bonds is 5. The second-order valence-electron chi connectivity index (χ2n) is 6.95. The Morgan fingerprint density at radius 3 is 2.39 bits per heavy atom. The second-order valence-corrected chi connectivity index (χ2v) is 6.95. The van der Waals surface area contributed by atoms with E-state index in [1.807, 2.05) is 20.0 Å². The van der Waals surface area contributed by atoms with Gasteiger partial charge in [0.1, 0.15) is 11.6 Å². The molecule has 0 bridgehead atoms. The van der Waals surface area contributed by atoms with Gasteiger partial charge < -0.3 is 20.0 Å². The number of aromatic nitrogens is 2. The Morgan fingerprint density at radius 1 is 1.11 bits per heavy atom. The molecule has 8 heteroatoms. The predicted octanol–water partition coefficient (Wildman–Crippen LogP) is 3.55. The summed E-state index contributed by atoms with van der Waals surface area (Å²) in [6.07, 6.45) is 7.13. The van der Waals surface area contributed by atoms with E-state index in [1.165, 1.54) is 25.7 Å².